The fourth-order valence-corrected chi connectivity index (χ4v) is 3.32. The summed E-state index contributed by atoms with van der Waals surface area (Å²) in [6.45, 7) is 3.99. The van der Waals surface area contributed by atoms with Gasteiger partial charge in [-0.3, -0.25) is 9.59 Å². The molecule has 2 aliphatic rings. The van der Waals surface area contributed by atoms with Crippen molar-refractivity contribution in [1.82, 2.24) is 5.32 Å². The summed E-state index contributed by atoms with van der Waals surface area (Å²) in [6, 6.07) is -0.0706. The third-order valence-corrected chi connectivity index (χ3v) is 4.37. The lowest BCUT2D eigenvalue weighted by atomic mass is 9.66. The first-order chi connectivity index (χ1) is 9.42. The Morgan fingerprint density at radius 2 is 2.15 bits per heavy atom. The molecule has 0 radical (unpaired) electrons. The normalized spacial score (nSPS) is 36.3. The van der Waals surface area contributed by atoms with Gasteiger partial charge in [-0.15, -0.1) is 0 Å². The van der Waals surface area contributed by atoms with Crippen LogP contribution in [0.5, 0.6) is 0 Å². The zero-order valence-electron chi connectivity index (χ0n) is 12.3. The number of esters is 1. The number of carbonyl (C=O) groups excluding carboxylic acids is 2. The van der Waals surface area contributed by atoms with Crippen molar-refractivity contribution in [2.45, 2.75) is 26.3 Å². The molecule has 1 unspecified atom stereocenters. The SMILES string of the molecule is COC(=O)[C@@H]1C(=O)N[C@H](C)[C@H]1C1(C)C=CC(OC)=CC1. The maximum atomic E-state index is 12.0. The van der Waals surface area contributed by atoms with E-state index in [-0.39, 0.29) is 23.3 Å². The predicted molar refractivity (Wildman–Crippen MR) is 73.6 cm³/mol. The molecule has 1 aliphatic carbocycles. The number of rotatable bonds is 3. The fraction of sp³-hybridized carbons (Fsp3) is 0.600. The zero-order chi connectivity index (χ0) is 14.9. The summed E-state index contributed by atoms with van der Waals surface area (Å²) in [5.74, 6) is -0.781. The Kier molecular flexibility index (Phi) is 3.88. The Morgan fingerprint density at radius 3 is 2.65 bits per heavy atom. The van der Waals surface area contributed by atoms with Crippen LogP contribution in [0.4, 0.5) is 0 Å². The van der Waals surface area contributed by atoms with Crippen LogP contribution >= 0.6 is 0 Å². The molecule has 20 heavy (non-hydrogen) atoms. The molecule has 0 aromatic heterocycles. The van der Waals surface area contributed by atoms with Gasteiger partial charge in [0.1, 0.15) is 11.7 Å². The number of ether oxygens (including phenoxy) is 2. The maximum absolute atomic E-state index is 12.0. The van der Waals surface area contributed by atoms with Crippen molar-refractivity contribution in [3.05, 3.63) is 24.0 Å². The maximum Gasteiger partial charge on any atom is 0.318 e. The number of hydrogen-bond acceptors (Lipinski definition) is 4. The molecule has 0 saturated carbocycles. The smallest absolute Gasteiger partial charge is 0.318 e. The number of allylic oxidation sites excluding steroid dienone is 3. The largest absolute Gasteiger partial charge is 0.497 e. The summed E-state index contributed by atoms with van der Waals surface area (Å²) in [6.07, 6.45) is 6.64. The number of carbonyl (C=O) groups is 2. The number of amides is 1. The van der Waals surface area contributed by atoms with Crippen LogP contribution in [0, 0.1) is 17.3 Å². The molecule has 1 saturated heterocycles. The van der Waals surface area contributed by atoms with Crippen LogP contribution in [0.3, 0.4) is 0 Å². The summed E-state index contributed by atoms with van der Waals surface area (Å²) in [5.41, 5.74) is -0.278. The molecule has 1 amide bonds. The monoisotopic (exact) mass is 279 g/mol. The molecule has 1 fully saturated rings. The van der Waals surface area contributed by atoms with E-state index in [4.69, 9.17) is 9.47 Å². The van der Waals surface area contributed by atoms with Gasteiger partial charge < -0.3 is 14.8 Å². The number of methoxy groups -OCH3 is 2. The van der Waals surface area contributed by atoms with Gasteiger partial charge in [-0.2, -0.15) is 0 Å². The van der Waals surface area contributed by atoms with Crippen molar-refractivity contribution in [3.8, 4) is 0 Å². The van der Waals surface area contributed by atoms with E-state index in [1.165, 1.54) is 7.11 Å². The van der Waals surface area contributed by atoms with Crippen LogP contribution in [0.25, 0.3) is 0 Å². The van der Waals surface area contributed by atoms with Crippen molar-refractivity contribution >= 4 is 11.9 Å². The van der Waals surface area contributed by atoms with Crippen LogP contribution in [-0.4, -0.2) is 32.1 Å². The summed E-state index contributed by atoms with van der Waals surface area (Å²) >= 11 is 0. The molecule has 1 aliphatic heterocycles. The third kappa shape index (κ3) is 2.32. The van der Waals surface area contributed by atoms with Gasteiger partial charge in [-0.25, -0.2) is 0 Å². The molecule has 2 rings (SSSR count). The Balaban J connectivity index is 2.30. The Morgan fingerprint density at radius 1 is 1.45 bits per heavy atom. The molecular weight excluding hydrogens is 258 g/mol. The van der Waals surface area contributed by atoms with E-state index in [9.17, 15) is 9.59 Å². The second-order valence-corrected chi connectivity index (χ2v) is 5.68. The summed E-state index contributed by atoms with van der Waals surface area (Å²) in [4.78, 5) is 24.0. The lowest BCUT2D eigenvalue weighted by molar-refractivity contribution is -0.151. The van der Waals surface area contributed by atoms with Crippen LogP contribution in [0.1, 0.15) is 20.3 Å². The van der Waals surface area contributed by atoms with Crippen molar-refractivity contribution in [3.63, 3.8) is 0 Å². The van der Waals surface area contributed by atoms with Crippen molar-refractivity contribution in [1.29, 1.82) is 0 Å². The Bertz CT molecular complexity index is 474. The highest BCUT2D eigenvalue weighted by molar-refractivity contribution is 6.00. The Labute approximate surface area is 119 Å². The van der Waals surface area contributed by atoms with Gasteiger partial charge >= 0.3 is 5.97 Å². The van der Waals surface area contributed by atoms with Gasteiger partial charge in [-0.1, -0.05) is 13.0 Å². The van der Waals surface area contributed by atoms with E-state index in [0.29, 0.717) is 0 Å². The van der Waals surface area contributed by atoms with E-state index < -0.39 is 11.9 Å². The lowest BCUT2D eigenvalue weighted by Gasteiger charge is -2.37. The molecule has 5 nitrogen and oxygen atoms in total. The molecule has 1 heterocycles. The van der Waals surface area contributed by atoms with Crippen molar-refractivity contribution < 1.29 is 19.1 Å². The minimum absolute atomic E-state index is 0.0706. The highest BCUT2D eigenvalue weighted by atomic mass is 16.5. The highest BCUT2D eigenvalue weighted by Crippen LogP contribution is 2.45. The molecule has 110 valence electrons. The molecule has 5 heteroatoms. The predicted octanol–water partition coefficient (Wildman–Crippen LogP) is 1.41. The van der Waals surface area contributed by atoms with Gasteiger partial charge in [0.25, 0.3) is 0 Å². The topological polar surface area (TPSA) is 64.6 Å². The molecule has 0 aromatic carbocycles. The minimum Gasteiger partial charge on any atom is -0.497 e. The van der Waals surface area contributed by atoms with Crippen molar-refractivity contribution in [2.24, 2.45) is 17.3 Å². The van der Waals surface area contributed by atoms with E-state index in [0.717, 1.165) is 12.2 Å². The molecule has 0 bridgehead atoms. The third-order valence-electron chi connectivity index (χ3n) is 4.37. The standard InChI is InChI=1S/C15H21NO4/c1-9-12(11(13(17)16-9)14(18)20-4)15(2)7-5-10(19-3)6-8-15/h5-7,9,11-12H,8H2,1-4H3,(H,16,17)/t9-,11+,12-,15?/m1/s1. The number of hydrogen-bond donors (Lipinski definition) is 1. The van der Waals surface area contributed by atoms with Crippen LogP contribution in [-0.2, 0) is 19.1 Å². The molecule has 0 aromatic rings. The second kappa shape index (κ2) is 5.31. The van der Waals surface area contributed by atoms with E-state index in [1.807, 2.05) is 25.2 Å². The van der Waals surface area contributed by atoms with E-state index >= 15 is 0 Å². The Hall–Kier alpha value is -1.78. The summed E-state index contributed by atoms with van der Waals surface area (Å²) in [5, 5.41) is 2.85. The van der Waals surface area contributed by atoms with E-state index in [1.54, 1.807) is 7.11 Å². The quantitative estimate of drug-likeness (QED) is 0.626. The summed E-state index contributed by atoms with van der Waals surface area (Å²) < 4.78 is 9.99. The number of nitrogens with one attached hydrogen (secondary N) is 1. The molecule has 1 N–H and O–H groups in total. The van der Waals surface area contributed by atoms with Gasteiger partial charge in [0, 0.05) is 12.0 Å². The van der Waals surface area contributed by atoms with Gasteiger partial charge in [0.15, 0.2) is 0 Å². The zero-order valence-corrected chi connectivity index (χ0v) is 12.3. The molecule has 4 atom stereocenters. The van der Waals surface area contributed by atoms with Crippen LogP contribution in [0.2, 0.25) is 0 Å². The lowest BCUT2D eigenvalue weighted by Crippen LogP contribution is -2.40. The first kappa shape index (κ1) is 14.6. The van der Waals surface area contributed by atoms with Crippen LogP contribution < -0.4 is 5.32 Å². The van der Waals surface area contributed by atoms with E-state index in [2.05, 4.69) is 12.2 Å². The summed E-state index contributed by atoms with van der Waals surface area (Å²) in [7, 11) is 2.94. The average Bonchev–Trinajstić information content (AvgIpc) is 2.74. The van der Waals surface area contributed by atoms with Crippen LogP contribution in [0.15, 0.2) is 24.0 Å². The van der Waals surface area contributed by atoms with Crippen molar-refractivity contribution in [2.75, 3.05) is 14.2 Å². The molecule has 0 spiro atoms. The first-order valence-electron chi connectivity index (χ1n) is 6.74. The average molecular weight is 279 g/mol. The molecular formula is C15H21NO4. The highest BCUT2D eigenvalue weighted by Gasteiger charge is 2.52. The second-order valence-electron chi connectivity index (χ2n) is 5.68. The first-order valence-corrected chi connectivity index (χ1v) is 6.74. The van der Waals surface area contributed by atoms with Gasteiger partial charge in [-0.05, 0) is 30.9 Å². The van der Waals surface area contributed by atoms with Gasteiger partial charge in [0.2, 0.25) is 5.91 Å². The van der Waals surface area contributed by atoms with Gasteiger partial charge in [0.05, 0.1) is 14.2 Å². The fourth-order valence-electron chi connectivity index (χ4n) is 3.32. The minimum atomic E-state index is -0.748.